The molecule has 0 saturated heterocycles. The first-order valence-corrected chi connectivity index (χ1v) is 11.5. The van der Waals surface area contributed by atoms with Gasteiger partial charge in [0.05, 0.1) is 24.0 Å². The molecule has 1 fully saturated rings. The Bertz CT molecular complexity index is 1230. The van der Waals surface area contributed by atoms with E-state index in [1.54, 1.807) is 18.3 Å². The Morgan fingerprint density at radius 3 is 2.29 bits per heavy atom. The van der Waals surface area contributed by atoms with Gasteiger partial charge in [0.15, 0.2) is 29.1 Å². The number of likely N-dealkylation sites (N-methyl/N-ethyl adjacent to an activating group) is 1. The van der Waals surface area contributed by atoms with Crippen LogP contribution in [0.1, 0.15) is 54.8 Å². The molecule has 1 aliphatic carbocycles. The van der Waals surface area contributed by atoms with Crippen LogP contribution in [-0.4, -0.2) is 22.9 Å². The van der Waals surface area contributed by atoms with E-state index in [-0.39, 0.29) is 5.92 Å². The molecule has 1 aliphatic rings. The van der Waals surface area contributed by atoms with Gasteiger partial charge in [-0.1, -0.05) is 31.4 Å². The van der Waals surface area contributed by atoms with E-state index >= 15 is 0 Å². The normalized spacial score (nSPS) is 14.2. The Morgan fingerprint density at radius 1 is 1.00 bits per heavy atom. The number of amides is 1. The van der Waals surface area contributed by atoms with E-state index in [2.05, 4.69) is 4.98 Å². The number of nitrogens with two attached hydrogens (primary N) is 1. The predicted molar refractivity (Wildman–Crippen MR) is 126 cm³/mol. The molecule has 0 spiro atoms. The maximum absolute atomic E-state index is 14.4. The third-order valence-electron chi connectivity index (χ3n) is 6.62. The average Bonchev–Trinajstić information content (AvgIpc) is 2.89. The maximum atomic E-state index is 14.4. The number of nitrogens with zero attached hydrogens (tertiary/aromatic N) is 3. The lowest BCUT2D eigenvalue weighted by Crippen LogP contribution is -2.31. The molecular weight excluding hydrogens is 460 g/mol. The highest BCUT2D eigenvalue weighted by molar-refractivity contribution is 5.94. The molecular formula is C26H26F4N4O. The summed E-state index contributed by atoms with van der Waals surface area (Å²) in [6.45, 7) is 1.11. The third kappa shape index (κ3) is 4.85. The van der Waals surface area contributed by atoms with Gasteiger partial charge >= 0.3 is 0 Å². The number of halogens is 4. The zero-order valence-electron chi connectivity index (χ0n) is 19.5. The van der Waals surface area contributed by atoms with Gasteiger partial charge < -0.3 is 5.73 Å². The van der Waals surface area contributed by atoms with Crippen LogP contribution in [0.3, 0.4) is 0 Å². The van der Waals surface area contributed by atoms with Crippen LogP contribution in [0.25, 0.3) is 11.3 Å². The van der Waals surface area contributed by atoms with Crippen LogP contribution in [0.2, 0.25) is 0 Å². The van der Waals surface area contributed by atoms with Crippen LogP contribution >= 0.6 is 0 Å². The summed E-state index contributed by atoms with van der Waals surface area (Å²) in [4.78, 5) is 23.7. The Morgan fingerprint density at radius 2 is 1.63 bits per heavy atom. The number of hydrogen-bond donors (Lipinski definition) is 1. The molecule has 9 heteroatoms. The highest BCUT2D eigenvalue weighted by atomic mass is 19.2. The van der Waals surface area contributed by atoms with Crippen molar-refractivity contribution in [2.24, 2.45) is 0 Å². The number of carbonyl (C=O) groups excluding carboxylic acids is 1. The zero-order chi connectivity index (χ0) is 25.3. The van der Waals surface area contributed by atoms with Gasteiger partial charge in [0.25, 0.3) is 0 Å². The quantitative estimate of drug-likeness (QED) is 0.213. The van der Waals surface area contributed by atoms with Gasteiger partial charge in [-0.25, -0.2) is 27.5 Å². The van der Waals surface area contributed by atoms with E-state index < -0.39 is 46.7 Å². The fourth-order valence-corrected chi connectivity index (χ4v) is 4.48. The van der Waals surface area contributed by atoms with Crippen molar-refractivity contribution in [3.63, 3.8) is 0 Å². The van der Waals surface area contributed by atoms with E-state index in [0.717, 1.165) is 44.6 Å². The Kier molecular flexibility index (Phi) is 7.05. The van der Waals surface area contributed by atoms with E-state index in [9.17, 15) is 22.4 Å². The van der Waals surface area contributed by atoms with Crippen LogP contribution in [0.4, 0.5) is 29.1 Å². The minimum atomic E-state index is -1.94. The smallest absolute Gasteiger partial charge is 0.232 e. The van der Waals surface area contributed by atoms with Crippen molar-refractivity contribution < 1.29 is 22.4 Å². The molecule has 35 heavy (non-hydrogen) atoms. The highest BCUT2D eigenvalue weighted by Crippen LogP contribution is 2.37. The minimum absolute atomic E-state index is 0.0782. The molecule has 1 aromatic heterocycles. The summed E-state index contributed by atoms with van der Waals surface area (Å²) in [5, 5.41) is 0. The molecule has 0 radical (unpaired) electrons. The fourth-order valence-electron chi connectivity index (χ4n) is 4.48. The molecule has 5 nitrogen and oxygen atoms in total. The summed E-state index contributed by atoms with van der Waals surface area (Å²) in [6.07, 6.45) is 5.82. The van der Waals surface area contributed by atoms with Crippen molar-refractivity contribution in [3.8, 4) is 11.3 Å². The summed E-state index contributed by atoms with van der Waals surface area (Å²) in [7, 11) is 1.46. The van der Waals surface area contributed by atoms with E-state index in [1.165, 1.54) is 11.9 Å². The standard InChI is InChI=1S/C26H26F4N4O/c1-14-18(22(28)24(30)23(29)21(14)27)12-20(35)34(2)26-25(16-6-4-3-5-7-16)33-19(13-32-26)15-8-10-17(31)11-9-15/h8-11,13,16H,3-7,12,31H2,1-2H3. The molecule has 184 valence electrons. The van der Waals surface area contributed by atoms with Crippen molar-refractivity contribution in [3.05, 3.63) is 70.6 Å². The lowest BCUT2D eigenvalue weighted by molar-refractivity contribution is -0.117. The Hall–Kier alpha value is -3.49. The van der Waals surface area contributed by atoms with Crippen molar-refractivity contribution in [1.29, 1.82) is 0 Å². The molecule has 4 rings (SSSR count). The molecule has 3 aromatic rings. The van der Waals surface area contributed by atoms with Crippen molar-refractivity contribution >= 4 is 17.4 Å². The molecule has 0 aliphatic heterocycles. The Balaban J connectivity index is 1.70. The van der Waals surface area contributed by atoms with Gasteiger partial charge in [-0.3, -0.25) is 9.69 Å². The van der Waals surface area contributed by atoms with Crippen LogP contribution in [0.15, 0.2) is 30.5 Å². The van der Waals surface area contributed by atoms with Gasteiger partial charge in [0, 0.05) is 29.8 Å². The van der Waals surface area contributed by atoms with Gasteiger partial charge in [0.1, 0.15) is 0 Å². The van der Waals surface area contributed by atoms with Crippen LogP contribution in [-0.2, 0) is 11.2 Å². The first-order chi connectivity index (χ1) is 16.7. The van der Waals surface area contributed by atoms with E-state index in [1.807, 2.05) is 12.1 Å². The Labute approximate surface area is 201 Å². The number of nitrogen functional groups attached to an aromatic ring is 1. The average molecular weight is 487 g/mol. The second kappa shape index (κ2) is 10.0. The second-order valence-corrected chi connectivity index (χ2v) is 8.91. The summed E-state index contributed by atoms with van der Waals surface area (Å²) >= 11 is 0. The largest absolute Gasteiger partial charge is 0.399 e. The first kappa shape index (κ1) is 24.6. The highest BCUT2D eigenvalue weighted by Gasteiger charge is 2.29. The number of hydrogen-bond acceptors (Lipinski definition) is 4. The molecule has 2 N–H and O–H groups in total. The van der Waals surface area contributed by atoms with Crippen molar-refractivity contribution in [1.82, 2.24) is 9.97 Å². The van der Waals surface area contributed by atoms with Crippen LogP contribution < -0.4 is 10.6 Å². The van der Waals surface area contributed by atoms with Gasteiger partial charge in [0.2, 0.25) is 5.91 Å². The zero-order valence-corrected chi connectivity index (χ0v) is 19.5. The SMILES string of the molecule is Cc1c(F)c(F)c(F)c(F)c1CC(=O)N(C)c1ncc(-c2ccc(N)cc2)nc1C1CCCCC1. The van der Waals surface area contributed by atoms with E-state index in [0.29, 0.717) is 22.9 Å². The van der Waals surface area contributed by atoms with Crippen molar-refractivity contribution in [2.75, 3.05) is 17.7 Å². The van der Waals surface area contributed by atoms with E-state index in [4.69, 9.17) is 10.7 Å². The number of carbonyl (C=O) groups is 1. The molecule has 1 amide bonds. The molecule has 0 atom stereocenters. The second-order valence-electron chi connectivity index (χ2n) is 8.91. The lowest BCUT2D eigenvalue weighted by Gasteiger charge is -2.26. The molecule has 0 bridgehead atoms. The molecule has 2 aromatic carbocycles. The summed E-state index contributed by atoms with van der Waals surface area (Å²) in [5.74, 6) is -7.17. The van der Waals surface area contributed by atoms with Gasteiger partial charge in [-0.2, -0.15) is 0 Å². The summed E-state index contributed by atoms with van der Waals surface area (Å²) in [5.41, 5.74) is 7.52. The monoisotopic (exact) mass is 486 g/mol. The number of rotatable bonds is 5. The van der Waals surface area contributed by atoms with Crippen LogP contribution in [0, 0.1) is 30.2 Å². The predicted octanol–water partition coefficient (Wildman–Crippen LogP) is 5.84. The van der Waals surface area contributed by atoms with Crippen molar-refractivity contribution in [2.45, 2.75) is 51.4 Å². The van der Waals surface area contributed by atoms with Gasteiger partial charge in [-0.05, 0) is 37.5 Å². The number of anilines is 2. The molecule has 0 unspecified atom stereocenters. The number of benzene rings is 2. The van der Waals surface area contributed by atoms with Crippen LogP contribution in [0.5, 0.6) is 0 Å². The fraction of sp³-hybridized carbons (Fsp3) is 0.346. The topological polar surface area (TPSA) is 72.1 Å². The first-order valence-electron chi connectivity index (χ1n) is 11.5. The number of aromatic nitrogens is 2. The lowest BCUT2D eigenvalue weighted by atomic mass is 9.86. The maximum Gasteiger partial charge on any atom is 0.232 e. The minimum Gasteiger partial charge on any atom is -0.399 e. The third-order valence-corrected chi connectivity index (χ3v) is 6.62. The molecule has 1 heterocycles. The summed E-state index contributed by atoms with van der Waals surface area (Å²) in [6, 6.07) is 7.20. The van der Waals surface area contributed by atoms with Gasteiger partial charge in [-0.15, -0.1) is 0 Å². The summed E-state index contributed by atoms with van der Waals surface area (Å²) < 4.78 is 55.7. The molecule has 1 saturated carbocycles.